The third-order valence-electron chi connectivity index (χ3n) is 4.29. The molecule has 0 heterocycles. The fourth-order valence-corrected chi connectivity index (χ4v) is 3.32. The molecule has 4 nitrogen and oxygen atoms in total. The second-order valence-corrected chi connectivity index (χ2v) is 6.16. The molecule has 2 saturated carbocycles. The smallest absolute Gasteiger partial charge is 0.323 e. The normalized spacial score (nSPS) is 26.9. The molecule has 2 fully saturated rings. The van der Waals surface area contributed by atoms with Gasteiger partial charge < -0.3 is 10.0 Å². The van der Waals surface area contributed by atoms with Crippen LogP contribution in [-0.2, 0) is 9.59 Å². The van der Waals surface area contributed by atoms with Crippen LogP contribution in [0.15, 0.2) is 24.3 Å². The predicted molar refractivity (Wildman–Crippen MR) is 75.8 cm³/mol. The summed E-state index contributed by atoms with van der Waals surface area (Å²) in [6.45, 7) is -0.299. The van der Waals surface area contributed by atoms with E-state index in [1.165, 1.54) is 11.3 Å². The average molecular weight is 294 g/mol. The first kappa shape index (κ1) is 13.4. The molecule has 3 rings (SSSR count). The molecule has 0 radical (unpaired) electrons. The average Bonchev–Trinajstić information content (AvgIpc) is 3.03. The van der Waals surface area contributed by atoms with Crippen molar-refractivity contribution in [3.8, 4) is 0 Å². The minimum Gasteiger partial charge on any atom is -0.480 e. The number of hydrogen-bond acceptors (Lipinski definition) is 2. The lowest BCUT2D eigenvalue weighted by molar-refractivity contribution is -0.137. The molecule has 106 valence electrons. The van der Waals surface area contributed by atoms with Crippen LogP contribution in [0.5, 0.6) is 0 Å². The van der Waals surface area contributed by atoms with Crippen LogP contribution in [-0.4, -0.2) is 23.5 Å². The maximum absolute atomic E-state index is 12.6. The maximum Gasteiger partial charge on any atom is 0.323 e. The topological polar surface area (TPSA) is 57.6 Å². The Bertz CT molecular complexity index is 533. The summed E-state index contributed by atoms with van der Waals surface area (Å²) in [4.78, 5) is 25.0. The first-order chi connectivity index (χ1) is 9.54. The Labute approximate surface area is 122 Å². The van der Waals surface area contributed by atoms with Gasteiger partial charge in [-0.2, -0.15) is 0 Å². The van der Waals surface area contributed by atoms with Gasteiger partial charge in [0.25, 0.3) is 0 Å². The van der Waals surface area contributed by atoms with E-state index in [9.17, 15) is 9.59 Å². The zero-order valence-electron chi connectivity index (χ0n) is 11.0. The number of anilines is 1. The number of halogens is 1. The fourth-order valence-electron chi connectivity index (χ4n) is 3.19. The zero-order chi connectivity index (χ0) is 14.3. The maximum atomic E-state index is 12.6. The summed E-state index contributed by atoms with van der Waals surface area (Å²) in [7, 11) is 0. The Morgan fingerprint density at radius 1 is 1.15 bits per heavy atom. The molecule has 2 aliphatic rings. The molecule has 0 aromatic heterocycles. The van der Waals surface area contributed by atoms with Crippen LogP contribution in [0.4, 0.5) is 5.69 Å². The molecule has 5 heteroatoms. The van der Waals surface area contributed by atoms with Gasteiger partial charge in [-0.25, -0.2) is 0 Å². The minimum absolute atomic E-state index is 0.0196. The quantitative estimate of drug-likeness (QED) is 0.928. The molecule has 0 saturated heterocycles. The summed E-state index contributed by atoms with van der Waals surface area (Å²) in [6, 6.07) is 6.73. The highest BCUT2D eigenvalue weighted by molar-refractivity contribution is 6.30. The fraction of sp³-hybridized carbons (Fsp3) is 0.467. The SMILES string of the molecule is O=C(O)CN(C(=O)C1CC2CC2C1)c1ccc(Cl)cc1. The second kappa shape index (κ2) is 5.09. The minimum atomic E-state index is -1.00. The van der Waals surface area contributed by atoms with Gasteiger partial charge in [-0.1, -0.05) is 11.6 Å². The standard InChI is InChI=1S/C15H16ClNO3/c16-12-1-3-13(4-2-12)17(8-14(18)19)15(20)11-6-9-5-10(9)7-11/h1-4,9-11H,5-8H2,(H,18,19). The van der Waals surface area contributed by atoms with E-state index >= 15 is 0 Å². The molecule has 1 amide bonds. The highest BCUT2D eigenvalue weighted by atomic mass is 35.5. The molecule has 0 aliphatic heterocycles. The lowest BCUT2D eigenvalue weighted by Gasteiger charge is -2.24. The van der Waals surface area contributed by atoms with Gasteiger partial charge in [0.1, 0.15) is 6.54 Å². The van der Waals surface area contributed by atoms with Gasteiger partial charge in [0.15, 0.2) is 0 Å². The number of carboxylic acid groups (broad SMARTS) is 1. The molecule has 2 unspecified atom stereocenters. The lowest BCUT2D eigenvalue weighted by atomic mass is 10.0. The predicted octanol–water partition coefficient (Wildman–Crippen LogP) is 2.80. The third kappa shape index (κ3) is 2.66. The van der Waals surface area contributed by atoms with E-state index in [1.54, 1.807) is 24.3 Å². The van der Waals surface area contributed by atoms with Gasteiger partial charge in [0.05, 0.1) is 0 Å². The first-order valence-electron chi connectivity index (χ1n) is 6.83. The Hall–Kier alpha value is -1.55. The van der Waals surface area contributed by atoms with Gasteiger partial charge in [0.2, 0.25) is 5.91 Å². The van der Waals surface area contributed by atoms with Crippen molar-refractivity contribution in [2.75, 3.05) is 11.4 Å². The number of nitrogens with zero attached hydrogens (tertiary/aromatic N) is 1. The van der Waals surface area contributed by atoms with E-state index in [0.717, 1.165) is 12.8 Å². The third-order valence-corrected chi connectivity index (χ3v) is 4.54. The number of fused-ring (bicyclic) bond motifs is 1. The number of hydrogen-bond donors (Lipinski definition) is 1. The number of aliphatic carboxylic acids is 1. The molecule has 1 aromatic rings. The van der Waals surface area contributed by atoms with E-state index < -0.39 is 5.97 Å². The Balaban J connectivity index is 1.79. The van der Waals surface area contributed by atoms with Crippen LogP contribution in [0.25, 0.3) is 0 Å². The zero-order valence-corrected chi connectivity index (χ0v) is 11.7. The van der Waals surface area contributed by atoms with Crippen LogP contribution in [0.1, 0.15) is 19.3 Å². The lowest BCUT2D eigenvalue weighted by Crippen LogP contribution is -2.39. The Kier molecular flexibility index (Phi) is 3.42. The van der Waals surface area contributed by atoms with Crippen LogP contribution in [0.3, 0.4) is 0 Å². The summed E-state index contributed by atoms with van der Waals surface area (Å²) >= 11 is 5.83. The van der Waals surface area contributed by atoms with Crippen molar-refractivity contribution >= 4 is 29.2 Å². The van der Waals surface area contributed by atoms with Crippen molar-refractivity contribution in [2.45, 2.75) is 19.3 Å². The largest absolute Gasteiger partial charge is 0.480 e. The summed E-state index contributed by atoms with van der Waals surface area (Å²) in [6.07, 6.45) is 3.06. The van der Waals surface area contributed by atoms with E-state index in [1.807, 2.05) is 0 Å². The summed E-state index contributed by atoms with van der Waals surface area (Å²) < 4.78 is 0. The number of carboxylic acids is 1. The van der Waals surface area contributed by atoms with E-state index in [2.05, 4.69) is 0 Å². The van der Waals surface area contributed by atoms with Gasteiger partial charge in [-0.05, 0) is 55.4 Å². The van der Waals surface area contributed by atoms with Crippen molar-refractivity contribution in [1.82, 2.24) is 0 Å². The highest BCUT2D eigenvalue weighted by Gasteiger charge is 2.49. The van der Waals surface area contributed by atoms with Gasteiger partial charge in [-0.15, -0.1) is 0 Å². The summed E-state index contributed by atoms with van der Waals surface area (Å²) in [5.41, 5.74) is 0.599. The van der Waals surface area contributed by atoms with E-state index in [-0.39, 0.29) is 18.4 Å². The molecular weight excluding hydrogens is 278 g/mol. The second-order valence-electron chi connectivity index (χ2n) is 5.72. The van der Waals surface area contributed by atoms with Crippen molar-refractivity contribution < 1.29 is 14.7 Å². The molecule has 1 N–H and O–H groups in total. The van der Waals surface area contributed by atoms with Crippen molar-refractivity contribution in [2.24, 2.45) is 17.8 Å². The van der Waals surface area contributed by atoms with Crippen molar-refractivity contribution in [1.29, 1.82) is 0 Å². The van der Waals surface area contributed by atoms with Crippen LogP contribution >= 0.6 is 11.6 Å². The first-order valence-corrected chi connectivity index (χ1v) is 7.21. The van der Waals surface area contributed by atoms with Gasteiger partial charge >= 0.3 is 5.97 Å². The Morgan fingerprint density at radius 3 is 2.30 bits per heavy atom. The molecule has 2 aliphatic carbocycles. The summed E-state index contributed by atoms with van der Waals surface area (Å²) in [5, 5.41) is 9.60. The number of benzene rings is 1. The molecular formula is C15H16ClNO3. The number of amides is 1. The number of rotatable bonds is 4. The number of carbonyl (C=O) groups is 2. The number of carbonyl (C=O) groups excluding carboxylic acids is 1. The van der Waals surface area contributed by atoms with Crippen LogP contribution in [0, 0.1) is 17.8 Å². The Morgan fingerprint density at radius 2 is 1.75 bits per heavy atom. The van der Waals surface area contributed by atoms with Gasteiger partial charge in [-0.3, -0.25) is 9.59 Å². The highest BCUT2D eigenvalue weighted by Crippen LogP contribution is 2.54. The van der Waals surface area contributed by atoms with Crippen LogP contribution < -0.4 is 4.90 Å². The molecule has 20 heavy (non-hydrogen) atoms. The molecule has 1 aromatic carbocycles. The molecule has 0 bridgehead atoms. The molecule has 0 spiro atoms. The van der Waals surface area contributed by atoms with E-state index in [0.29, 0.717) is 22.5 Å². The van der Waals surface area contributed by atoms with Crippen LogP contribution in [0.2, 0.25) is 5.02 Å². The van der Waals surface area contributed by atoms with Crippen molar-refractivity contribution in [3.05, 3.63) is 29.3 Å². The van der Waals surface area contributed by atoms with Crippen molar-refractivity contribution in [3.63, 3.8) is 0 Å². The monoisotopic (exact) mass is 293 g/mol. The van der Waals surface area contributed by atoms with E-state index in [4.69, 9.17) is 16.7 Å². The summed E-state index contributed by atoms with van der Waals surface area (Å²) in [5.74, 6) is 0.300. The van der Waals surface area contributed by atoms with Gasteiger partial charge in [0, 0.05) is 16.6 Å². The molecule has 2 atom stereocenters.